The Morgan fingerprint density at radius 3 is 3.05 bits per heavy atom. The van der Waals surface area contributed by atoms with Crippen molar-refractivity contribution in [2.75, 3.05) is 0 Å². The largest absolute Gasteiger partial charge is 0.456 e. The molecule has 0 spiro atoms. The molecule has 0 amide bonds. The molecule has 0 unspecified atom stereocenters. The topological polar surface area (TPSA) is 78.1 Å². The number of benzene rings is 1. The number of hydrogen-bond acceptors (Lipinski definition) is 7. The van der Waals surface area contributed by atoms with Crippen molar-refractivity contribution in [1.29, 1.82) is 0 Å². The molecule has 0 aliphatic heterocycles. The van der Waals surface area contributed by atoms with Crippen LogP contribution >= 0.6 is 23.1 Å². The molecule has 0 saturated heterocycles. The molecule has 1 aromatic carbocycles. The molecule has 0 bridgehead atoms. The molecule has 8 heteroatoms. The van der Waals surface area contributed by atoms with Crippen LogP contribution in [0.1, 0.15) is 11.6 Å². The van der Waals surface area contributed by atoms with Crippen LogP contribution in [0.5, 0.6) is 0 Å². The fourth-order valence-corrected chi connectivity index (χ4v) is 2.17. The second kappa shape index (κ2) is 6.02. The van der Waals surface area contributed by atoms with Crippen molar-refractivity contribution >= 4 is 46.3 Å². The molecule has 0 fully saturated rings. The smallest absolute Gasteiger partial charge is 0.331 e. The number of halogens is 1. The van der Waals surface area contributed by atoms with Gasteiger partial charge in [0.25, 0.3) is 0 Å². The van der Waals surface area contributed by atoms with Crippen LogP contribution < -0.4 is 0 Å². The summed E-state index contributed by atoms with van der Waals surface area (Å²) < 4.78 is 14.5. The van der Waals surface area contributed by atoms with Crippen molar-refractivity contribution in [1.82, 2.24) is 14.6 Å². The summed E-state index contributed by atoms with van der Waals surface area (Å²) in [4.78, 5) is 15.8. The van der Waals surface area contributed by atoms with E-state index in [-0.39, 0.29) is 6.61 Å². The third-order valence-corrected chi connectivity index (χ3v) is 3.52. The van der Waals surface area contributed by atoms with Gasteiger partial charge in [-0.25, -0.2) is 9.78 Å². The van der Waals surface area contributed by atoms with E-state index < -0.39 is 5.97 Å². The number of ether oxygens (including phenoxy) is 1. The second-order valence-corrected chi connectivity index (χ2v) is 5.31. The van der Waals surface area contributed by atoms with E-state index in [1.54, 1.807) is 6.07 Å². The SMILES string of the molecule is O=C(/C=C/c1nc2ccccc2o1)OCc1nnsc1Cl. The minimum atomic E-state index is -0.540. The third kappa shape index (κ3) is 3.26. The maximum atomic E-state index is 11.6. The normalized spacial score (nSPS) is 11.3. The number of para-hydroxylation sites is 2. The van der Waals surface area contributed by atoms with Crippen molar-refractivity contribution in [3.63, 3.8) is 0 Å². The summed E-state index contributed by atoms with van der Waals surface area (Å²) in [6.45, 7) is -0.0218. The maximum absolute atomic E-state index is 11.6. The fraction of sp³-hybridized carbons (Fsp3) is 0.0769. The summed E-state index contributed by atoms with van der Waals surface area (Å²) >= 11 is 6.84. The monoisotopic (exact) mass is 321 g/mol. The summed E-state index contributed by atoms with van der Waals surface area (Å²) in [5, 5.41) is 3.74. The average molecular weight is 322 g/mol. The lowest BCUT2D eigenvalue weighted by Crippen LogP contribution is -2.01. The highest BCUT2D eigenvalue weighted by Crippen LogP contribution is 2.18. The Bertz CT molecular complexity index is 779. The summed E-state index contributed by atoms with van der Waals surface area (Å²) in [6, 6.07) is 7.33. The second-order valence-electron chi connectivity index (χ2n) is 3.95. The molecule has 21 heavy (non-hydrogen) atoms. The van der Waals surface area contributed by atoms with Crippen LogP contribution in [0.15, 0.2) is 34.8 Å². The molecular weight excluding hydrogens is 314 g/mol. The molecular formula is C13H8ClN3O3S. The van der Waals surface area contributed by atoms with Crippen LogP contribution in [0.3, 0.4) is 0 Å². The first-order valence-electron chi connectivity index (χ1n) is 5.89. The number of aromatic nitrogens is 3. The van der Waals surface area contributed by atoms with Crippen molar-refractivity contribution in [3.8, 4) is 0 Å². The van der Waals surface area contributed by atoms with Gasteiger partial charge in [-0.3, -0.25) is 0 Å². The zero-order valence-corrected chi connectivity index (χ0v) is 12.1. The highest BCUT2D eigenvalue weighted by molar-refractivity contribution is 7.10. The van der Waals surface area contributed by atoms with Gasteiger partial charge < -0.3 is 9.15 Å². The molecule has 6 nitrogen and oxygen atoms in total. The molecule has 0 radical (unpaired) electrons. The number of fused-ring (bicyclic) bond motifs is 1. The van der Waals surface area contributed by atoms with E-state index in [0.717, 1.165) is 17.0 Å². The molecule has 0 saturated carbocycles. The fourth-order valence-electron chi connectivity index (χ4n) is 1.57. The molecule has 0 N–H and O–H groups in total. The predicted molar refractivity (Wildman–Crippen MR) is 77.8 cm³/mol. The lowest BCUT2D eigenvalue weighted by Gasteiger charge is -1.97. The van der Waals surface area contributed by atoms with Gasteiger partial charge in [0.2, 0.25) is 5.89 Å². The molecule has 3 aromatic rings. The van der Waals surface area contributed by atoms with Crippen LogP contribution in [-0.4, -0.2) is 20.5 Å². The first kappa shape index (κ1) is 13.7. The molecule has 2 aromatic heterocycles. The number of oxazole rings is 1. The first-order chi connectivity index (χ1) is 10.2. The van der Waals surface area contributed by atoms with Crippen molar-refractivity contribution < 1.29 is 13.9 Å². The van der Waals surface area contributed by atoms with Gasteiger partial charge in [-0.1, -0.05) is 28.2 Å². The van der Waals surface area contributed by atoms with Gasteiger partial charge in [0.1, 0.15) is 22.2 Å². The van der Waals surface area contributed by atoms with Crippen LogP contribution in [0.2, 0.25) is 4.34 Å². The standard InChI is InChI=1S/C13H8ClN3O3S/c14-13-9(16-17-21-13)7-19-12(18)6-5-11-15-8-3-1-2-4-10(8)20-11/h1-6H,7H2/b6-5+. The number of hydrogen-bond donors (Lipinski definition) is 0. The minimum absolute atomic E-state index is 0.0218. The van der Waals surface area contributed by atoms with Crippen LogP contribution in [0.25, 0.3) is 17.2 Å². The van der Waals surface area contributed by atoms with E-state index in [0.29, 0.717) is 21.5 Å². The van der Waals surface area contributed by atoms with Crippen molar-refractivity contribution in [3.05, 3.63) is 46.3 Å². The molecule has 3 rings (SSSR count). The Morgan fingerprint density at radius 1 is 1.43 bits per heavy atom. The van der Waals surface area contributed by atoms with E-state index in [1.165, 1.54) is 12.2 Å². The highest BCUT2D eigenvalue weighted by Gasteiger charge is 2.08. The number of carbonyl (C=O) groups is 1. The first-order valence-corrected chi connectivity index (χ1v) is 7.04. The van der Waals surface area contributed by atoms with Gasteiger partial charge in [0.15, 0.2) is 5.58 Å². The van der Waals surface area contributed by atoms with Crippen LogP contribution in [0.4, 0.5) is 0 Å². The van der Waals surface area contributed by atoms with E-state index in [1.807, 2.05) is 18.2 Å². The lowest BCUT2D eigenvalue weighted by molar-refractivity contribution is -0.139. The number of esters is 1. The predicted octanol–water partition coefficient (Wildman–Crippen LogP) is 3.09. The van der Waals surface area contributed by atoms with Gasteiger partial charge in [0, 0.05) is 23.7 Å². The van der Waals surface area contributed by atoms with Crippen LogP contribution in [0, 0.1) is 0 Å². The summed E-state index contributed by atoms with van der Waals surface area (Å²) in [7, 11) is 0. The summed E-state index contributed by atoms with van der Waals surface area (Å²) in [5.41, 5.74) is 1.82. The number of nitrogens with zero attached hydrogens (tertiary/aromatic N) is 3. The number of rotatable bonds is 4. The van der Waals surface area contributed by atoms with Gasteiger partial charge in [-0.2, -0.15) is 0 Å². The Morgan fingerprint density at radius 2 is 2.29 bits per heavy atom. The Labute approximate surface area is 128 Å². The van der Waals surface area contributed by atoms with E-state index in [2.05, 4.69) is 14.6 Å². The summed E-state index contributed by atoms with van der Waals surface area (Å²) in [6.07, 6.45) is 2.68. The number of carbonyl (C=O) groups excluding carboxylic acids is 1. The van der Waals surface area contributed by atoms with E-state index >= 15 is 0 Å². The highest BCUT2D eigenvalue weighted by atomic mass is 35.5. The minimum Gasteiger partial charge on any atom is -0.456 e. The van der Waals surface area contributed by atoms with Crippen molar-refractivity contribution in [2.24, 2.45) is 0 Å². The van der Waals surface area contributed by atoms with Crippen molar-refractivity contribution in [2.45, 2.75) is 6.61 Å². The van der Waals surface area contributed by atoms with Gasteiger partial charge >= 0.3 is 5.97 Å². The molecule has 0 aliphatic rings. The van der Waals surface area contributed by atoms with Gasteiger partial charge in [0.05, 0.1) is 0 Å². The van der Waals surface area contributed by atoms with E-state index in [4.69, 9.17) is 20.8 Å². The zero-order valence-electron chi connectivity index (χ0n) is 10.5. The Balaban J connectivity index is 1.62. The molecule has 2 heterocycles. The average Bonchev–Trinajstić information content (AvgIpc) is 3.08. The van der Waals surface area contributed by atoms with Gasteiger partial charge in [-0.05, 0) is 12.1 Å². The maximum Gasteiger partial charge on any atom is 0.331 e. The summed E-state index contributed by atoms with van der Waals surface area (Å²) in [5.74, 6) is -0.206. The lowest BCUT2D eigenvalue weighted by atomic mass is 10.3. The Hall–Kier alpha value is -2.25. The Kier molecular flexibility index (Phi) is 3.94. The molecule has 106 valence electrons. The quantitative estimate of drug-likeness (QED) is 0.543. The molecule has 0 aliphatic carbocycles. The molecule has 0 atom stereocenters. The zero-order chi connectivity index (χ0) is 14.7. The van der Waals surface area contributed by atoms with E-state index in [9.17, 15) is 4.79 Å². The van der Waals surface area contributed by atoms with Gasteiger partial charge in [-0.15, -0.1) is 5.10 Å². The third-order valence-electron chi connectivity index (χ3n) is 2.53. The van der Waals surface area contributed by atoms with Crippen LogP contribution in [-0.2, 0) is 16.1 Å².